The maximum atomic E-state index is 5.27. The number of hydrogen-bond donors (Lipinski definition) is 0. The van der Waals surface area contributed by atoms with Crippen LogP contribution in [-0.4, -0.2) is 34.7 Å². The molecule has 3 heterocycles. The molecule has 0 amide bonds. The van der Waals surface area contributed by atoms with Crippen LogP contribution in [0.1, 0.15) is 11.4 Å². The molecule has 2 aromatic carbocycles. The molecule has 3 aromatic rings. The number of aromatic nitrogens is 2. The van der Waals surface area contributed by atoms with Gasteiger partial charge in [-0.25, -0.2) is 4.98 Å². The number of methoxy groups -OCH3 is 1. The molecule has 138 valence electrons. The van der Waals surface area contributed by atoms with Crippen molar-refractivity contribution in [2.75, 3.05) is 20.2 Å². The average molecular weight is 359 g/mol. The standard InChI is InChI=1S/C23H25N3O/c1-27-21-9-7-17(8-10-21)13-25-14-19-11-23-24-12-22(18-5-3-2-4-6-18)26(23)16-20(19)15-25/h2-10,12,19-20H,11,13-16H2,1H3/t19-,20-/m0/s1. The molecule has 4 nitrogen and oxygen atoms in total. The Balaban J connectivity index is 1.30. The molecule has 0 radical (unpaired) electrons. The third kappa shape index (κ3) is 3.15. The highest BCUT2D eigenvalue weighted by molar-refractivity contribution is 5.59. The highest BCUT2D eigenvalue weighted by Gasteiger charge is 2.37. The van der Waals surface area contributed by atoms with E-state index in [-0.39, 0.29) is 0 Å². The molecule has 2 atom stereocenters. The summed E-state index contributed by atoms with van der Waals surface area (Å²) in [4.78, 5) is 7.36. The van der Waals surface area contributed by atoms with Crippen LogP contribution in [0.5, 0.6) is 5.75 Å². The van der Waals surface area contributed by atoms with Gasteiger partial charge in [0.25, 0.3) is 0 Å². The molecule has 0 aliphatic carbocycles. The Hall–Kier alpha value is -2.59. The van der Waals surface area contributed by atoms with Crippen molar-refractivity contribution in [2.24, 2.45) is 11.8 Å². The fourth-order valence-electron chi connectivity index (χ4n) is 4.68. The number of hydrogen-bond acceptors (Lipinski definition) is 3. The summed E-state index contributed by atoms with van der Waals surface area (Å²) in [6.07, 6.45) is 3.15. The van der Waals surface area contributed by atoms with Crippen LogP contribution < -0.4 is 4.74 Å². The van der Waals surface area contributed by atoms with E-state index in [1.165, 1.54) is 35.7 Å². The molecule has 27 heavy (non-hydrogen) atoms. The van der Waals surface area contributed by atoms with Gasteiger partial charge in [0, 0.05) is 32.6 Å². The van der Waals surface area contributed by atoms with Crippen LogP contribution in [0.2, 0.25) is 0 Å². The highest BCUT2D eigenvalue weighted by atomic mass is 16.5. The molecule has 4 heteroatoms. The van der Waals surface area contributed by atoms with Gasteiger partial charge in [0.2, 0.25) is 0 Å². The van der Waals surface area contributed by atoms with Crippen molar-refractivity contribution in [1.82, 2.24) is 14.5 Å². The van der Waals surface area contributed by atoms with Gasteiger partial charge in [0.15, 0.2) is 0 Å². The van der Waals surface area contributed by atoms with Gasteiger partial charge in [-0.3, -0.25) is 4.90 Å². The number of fused-ring (bicyclic) bond motifs is 2. The van der Waals surface area contributed by atoms with E-state index in [2.05, 4.69) is 70.3 Å². The summed E-state index contributed by atoms with van der Waals surface area (Å²) in [6, 6.07) is 19.1. The van der Waals surface area contributed by atoms with Gasteiger partial charge in [-0.05, 0) is 35.1 Å². The number of likely N-dealkylation sites (tertiary alicyclic amines) is 1. The highest BCUT2D eigenvalue weighted by Crippen LogP contribution is 2.35. The second kappa shape index (κ2) is 6.86. The zero-order chi connectivity index (χ0) is 18.2. The number of imidazole rings is 1. The van der Waals surface area contributed by atoms with Gasteiger partial charge in [-0.2, -0.15) is 0 Å². The summed E-state index contributed by atoms with van der Waals surface area (Å²) >= 11 is 0. The van der Waals surface area contributed by atoms with Crippen molar-refractivity contribution >= 4 is 0 Å². The van der Waals surface area contributed by atoms with E-state index < -0.39 is 0 Å². The van der Waals surface area contributed by atoms with Crippen LogP contribution in [0.15, 0.2) is 60.8 Å². The van der Waals surface area contributed by atoms with Crippen molar-refractivity contribution in [2.45, 2.75) is 19.5 Å². The normalized spacial score (nSPS) is 21.7. The lowest BCUT2D eigenvalue weighted by Gasteiger charge is -2.27. The predicted octanol–water partition coefficient (Wildman–Crippen LogP) is 3.86. The summed E-state index contributed by atoms with van der Waals surface area (Å²) < 4.78 is 7.72. The van der Waals surface area contributed by atoms with Gasteiger partial charge in [0.05, 0.1) is 19.0 Å². The zero-order valence-electron chi connectivity index (χ0n) is 15.7. The van der Waals surface area contributed by atoms with E-state index in [0.717, 1.165) is 31.2 Å². The fraction of sp³-hybridized carbons (Fsp3) is 0.348. The minimum absolute atomic E-state index is 0.715. The van der Waals surface area contributed by atoms with E-state index in [4.69, 9.17) is 9.72 Å². The van der Waals surface area contributed by atoms with Crippen LogP contribution >= 0.6 is 0 Å². The van der Waals surface area contributed by atoms with Gasteiger partial charge in [0.1, 0.15) is 11.6 Å². The molecule has 0 unspecified atom stereocenters. The molecule has 0 saturated carbocycles. The molecule has 0 bridgehead atoms. The average Bonchev–Trinajstić information content (AvgIpc) is 3.30. The molecule has 0 spiro atoms. The Kier molecular flexibility index (Phi) is 4.21. The third-order valence-corrected chi connectivity index (χ3v) is 6.09. The lowest BCUT2D eigenvalue weighted by molar-refractivity contribution is 0.307. The molecule has 1 aromatic heterocycles. The Morgan fingerprint density at radius 3 is 2.52 bits per heavy atom. The van der Waals surface area contributed by atoms with Gasteiger partial charge < -0.3 is 9.30 Å². The van der Waals surface area contributed by atoms with E-state index >= 15 is 0 Å². The molecular formula is C23H25N3O. The molecule has 5 rings (SSSR count). The minimum atomic E-state index is 0.715. The second-order valence-corrected chi connectivity index (χ2v) is 7.80. The van der Waals surface area contributed by atoms with Crippen LogP contribution in [0.3, 0.4) is 0 Å². The first-order valence-electron chi connectivity index (χ1n) is 9.75. The topological polar surface area (TPSA) is 30.3 Å². The predicted molar refractivity (Wildman–Crippen MR) is 107 cm³/mol. The largest absolute Gasteiger partial charge is 0.497 e. The Morgan fingerprint density at radius 1 is 0.963 bits per heavy atom. The van der Waals surface area contributed by atoms with Crippen molar-refractivity contribution in [3.63, 3.8) is 0 Å². The Bertz CT molecular complexity index is 917. The van der Waals surface area contributed by atoms with E-state index in [0.29, 0.717) is 5.92 Å². The van der Waals surface area contributed by atoms with Gasteiger partial charge in [-0.15, -0.1) is 0 Å². The third-order valence-electron chi connectivity index (χ3n) is 6.09. The molecule has 2 aliphatic heterocycles. The van der Waals surface area contributed by atoms with Gasteiger partial charge >= 0.3 is 0 Å². The number of benzene rings is 2. The minimum Gasteiger partial charge on any atom is -0.497 e. The first kappa shape index (κ1) is 16.6. The van der Waals surface area contributed by atoms with Crippen LogP contribution in [0.25, 0.3) is 11.3 Å². The van der Waals surface area contributed by atoms with Crippen LogP contribution in [0, 0.1) is 11.8 Å². The quantitative estimate of drug-likeness (QED) is 0.709. The van der Waals surface area contributed by atoms with Crippen LogP contribution in [0.4, 0.5) is 0 Å². The molecule has 1 fully saturated rings. The zero-order valence-corrected chi connectivity index (χ0v) is 15.7. The summed E-state index contributed by atoms with van der Waals surface area (Å²) in [5.41, 5.74) is 3.89. The lowest BCUT2D eigenvalue weighted by atomic mass is 9.89. The van der Waals surface area contributed by atoms with Crippen molar-refractivity contribution in [1.29, 1.82) is 0 Å². The summed E-state index contributed by atoms with van der Waals surface area (Å²) in [5, 5.41) is 0. The first-order chi connectivity index (χ1) is 13.3. The molecule has 2 aliphatic rings. The first-order valence-corrected chi connectivity index (χ1v) is 9.75. The van der Waals surface area contributed by atoms with E-state index in [1.807, 2.05) is 0 Å². The number of rotatable bonds is 4. The summed E-state index contributed by atoms with van der Waals surface area (Å²) in [7, 11) is 1.72. The van der Waals surface area contributed by atoms with Crippen molar-refractivity contribution in [3.05, 3.63) is 72.2 Å². The smallest absolute Gasteiger partial charge is 0.118 e. The van der Waals surface area contributed by atoms with E-state index in [9.17, 15) is 0 Å². The SMILES string of the molecule is COc1ccc(CN2C[C@@H]3Cc4ncc(-c5ccccc5)n4C[C@@H]3C2)cc1. The van der Waals surface area contributed by atoms with Crippen LogP contribution in [-0.2, 0) is 19.5 Å². The van der Waals surface area contributed by atoms with Gasteiger partial charge in [-0.1, -0.05) is 42.5 Å². The Labute approximate surface area is 160 Å². The second-order valence-electron chi connectivity index (χ2n) is 7.80. The summed E-state index contributed by atoms with van der Waals surface area (Å²) in [5.74, 6) is 3.61. The van der Waals surface area contributed by atoms with Crippen molar-refractivity contribution in [3.8, 4) is 17.0 Å². The number of nitrogens with zero attached hydrogens (tertiary/aromatic N) is 3. The number of ether oxygens (including phenoxy) is 1. The molecule has 1 saturated heterocycles. The molecule has 0 N–H and O–H groups in total. The van der Waals surface area contributed by atoms with Crippen molar-refractivity contribution < 1.29 is 4.74 Å². The lowest BCUT2D eigenvalue weighted by Crippen LogP contribution is -2.28. The Morgan fingerprint density at radius 2 is 1.74 bits per heavy atom. The monoisotopic (exact) mass is 359 g/mol. The molecular weight excluding hydrogens is 334 g/mol. The summed E-state index contributed by atoms with van der Waals surface area (Å²) in [6.45, 7) is 4.45. The van der Waals surface area contributed by atoms with E-state index in [1.54, 1.807) is 7.11 Å². The fourth-order valence-corrected chi connectivity index (χ4v) is 4.68. The maximum absolute atomic E-state index is 5.27. The maximum Gasteiger partial charge on any atom is 0.118 e.